The van der Waals surface area contributed by atoms with Gasteiger partial charge in [0.15, 0.2) is 5.82 Å². The summed E-state index contributed by atoms with van der Waals surface area (Å²) in [7, 11) is 1.93. The molecule has 1 N–H and O–H groups in total. The van der Waals surface area contributed by atoms with Crippen LogP contribution in [0, 0.1) is 6.92 Å². The zero-order valence-electron chi connectivity index (χ0n) is 11.5. The maximum atomic E-state index is 5.23. The molecule has 1 aromatic heterocycles. The third-order valence-corrected chi connectivity index (χ3v) is 3.88. The minimum absolute atomic E-state index is 0.345. The van der Waals surface area contributed by atoms with Gasteiger partial charge in [-0.2, -0.15) is 4.98 Å². The van der Waals surface area contributed by atoms with Crippen molar-refractivity contribution in [2.24, 2.45) is 0 Å². The Hall–Kier alpha value is -1.33. The van der Waals surface area contributed by atoms with Crippen LogP contribution in [-0.4, -0.2) is 23.2 Å². The van der Waals surface area contributed by atoms with E-state index in [2.05, 4.69) is 53.6 Å². The minimum atomic E-state index is 0.345. The van der Waals surface area contributed by atoms with E-state index in [-0.39, 0.29) is 0 Å². The Morgan fingerprint density at radius 2 is 2.05 bits per heavy atom. The molecule has 0 bridgehead atoms. The Labute approximate surface area is 118 Å². The quantitative estimate of drug-likeness (QED) is 0.823. The fourth-order valence-corrected chi connectivity index (χ4v) is 2.32. The second kappa shape index (κ2) is 6.73. The van der Waals surface area contributed by atoms with Crippen molar-refractivity contribution in [3.8, 4) is 0 Å². The third-order valence-electron chi connectivity index (χ3n) is 2.87. The van der Waals surface area contributed by atoms with Crippen LogP contribution >= 0.6 is 11.8 Å². The van der Waals surface area contributed by atoms with E-state index in [0.29, 0.717) is 11.9 Å². The number of aryl methyl sites for hydroxylation is 1. The molecule has 0 saturated carbocycles. The lowest BCUT2D eigenvalue weighted by molar-refractivity contribution is 0.362. The number of thioether (sulfide) groups is 1. The molecule has 0 radical (unpaired) electrons. The number of hydrogen-bond donors (Lipinski definition) is 1. The van der Waals surface area contributed by atoms with Gasteiger partial charge in [0.2, 0.25) is 5.89 Å². The van der Waals surface area contributed by atoms with Crippen molar-refractivity contribution in [3.05, 3.63) is 41.5 Å². The number of hydrogen-bond acceptors (Lipinski definition) is 5. The van der Waals surface area contributed by atoms with Gasteiger partial charge < -0.3 is 9.84 Å². The van der Waals surface area contributed by atoms with Crippen LogP contribution < -0.4 is 5.32 Å². The largest absolute Gasteiger partial charge is 0.339 e. The van der Waals surface area contributed by atoms with Gasteiger partial charge in [0, 0.05) is 17.4 Å². The van der Waals surface area contributed by atoms with E-state index in [1.807, 2.05) is 7.05 Å². The SMILES string of the molecule is CNC(C)Cc1nc(CSc2ccc(C)cc2)no1. The number of nitrogens with one attached hydrogen (secondary N) is 1. The Morgan fingerprint density at radius 1 is 1.32 bits per heavy atom. The van der Waals surface area contributed by atoms with Gasteiger partial charge in [-0.05, 0) is 33.0 Å². The smallest absolute Gasteiger partial charge is 0.228 e. The van der Waals surface area contributed by atoms with Crippen LogP contribution in [-0.2, 0) is 12.2 Å². The lowest BCUT2D eigenvalue weighted by Crippen LogP contribution is -2.23. The molecule has 1 atom stereocenters. The molecule has 0 amide bonds. The number of rotatable bonds is 6. The summed E-state index contributed by atoms with van der Waals surface area (Å²) in [6.45, 7) is 4.17. The molecule has 1 unspecified atom stereocenters. The number of likely N-dealkylation sites (N-methyl/N-ethyl adjacent to an activating group) is 1. The van der Waals surface area contributed by atoms with Crippen LogP contribution in [0.15, 0.2) is 33.7 Å². The van der Waals surface area contributed by atoms with E-state index < -0.39 is 0 Å². The molecule has 19 heavy (non-hydrogen) atoms. The summed E-state index contributed by atoms with van der Waals surface area (Å²) in [5.41, 5.74) is 1.27. The van der Waals surface area contributed by atoms with Crippen molar-refractivity contribution < 1.29 is 4.52 Å². The number of aromatic nitrogens is 2. The van der Waals surface area contributed by atoms with Crippen LogP contribution in [0.3, 0.4) is 0 Å². The highest BCUT2D eigenvalue weighted by Gasteiger charge is 2.09. The maximum absolute atomic E-state index is 5.23. The molecule has 2 rings (SSSR count). The standard InChI is InChI=1S/C14H19N3OS/c1-10-4-6-12(7-5-10)19-9-13-16-14(18-17-13)8-11(2)15-3/h4-7,11,15H,8-9H2,1-3H3. The zero-order chi connectivity index (χ0) is 13.7. The molecule has 102 valence electrons. The minimum Gasteiger partial charge on any atom is -0.339 e. The van der Waals surface area contributed by atoms with Crippen molar-refractivity contribution in [2.45, 2.75) is 37.0 Å². The number of benzene rings is 1. The second-order valence-electron chi connectivity index (χ2n) is 4.60. The van der Waals surface area contributed by atoms with Gasteiger partial charge in [-0.15, -0.1) is 11.8 Å². The van der Waals surface area contributed by atoms with Gasteiger partial charge in [0.05, 0.1) is 5.75 Å². The lowest BCUT2D eigenvalue weighted by atomic mass is 10.2. The Balaban J connectivity index is 1.88. The molecule has 0 aliphatic rings. The van der Waals surface area contributed by atoms with Crippen molar-refractivity contribution in [1.82, 2.24) is 15.5 Å². The predicted octanol–water partition coefficient (Wildman–Crippen LogP) is 2.82. The van der Waals surface area contributed by atoms with Gasteiger partial charge in [-0.25, -0.2) is 0 Å². The normalized spacial score (nSPS) is 12.6. The van der Waals surface area contributed by atoms with Gasteiger partial charge in [0.1, 0.15) is 0 Å². The van der Waals surface area contributed by atoms with Crippen molar-refractivity contribution in [2.75, 3.05) is 7.05 Å². The molecule has 5 heteroatoms. The van der Waals surface area contributed by atoms with Crippen LogP contribution in [0.5, 0.6) is 0 Å². The van der Waals surface area contributed by atoms with Crippen molar-refractivity contribution in [1.29, 1.82) is 0 Å². The van der Waals surface area contributed by atoms with E-state index >= 15 is 0 Å². The summed E-state index contributed by atoms with van der Waals surface area (Å²) in [5.74, 6) is 2.19. The highest BCUT2D eigenvalue weighted by Crippen LogP contribution is 2.21. The predicted molar refractivity (Wildman–Crippen MR) is 77.3 cm³/mol. The first-order valence-electron chi connectivity index (χ1n) is 6.35. The first-order valence-corrected chi connectivity index (χ1v) is 7.34. The Kier molecular flexibility index (Phi) is 4.99. The van der Waals surface area contributed by atoms with Gasteiger partial charge in [-0.1, -0.05) is 22.9 Å². The number of nitrogens with zero attached hydrogens (tertiary/aromatic N) is 2. The fourth-order valence-electron chi connectivity index (χ4n) is 1.58. The second-order valence-corrected chi connectivity index (χ2v) is 5.65. The summed E-state index contributed by atoms with van der Waals surface area (Å²) in [4.78, 5) is 5.61. The molecule has 2 aromatic rings. The summed E-state index contributed by atoms with van der Waals surface area (Å²) in [6, 6.07) is 8.80. The molecule has 0 aliphatic heterocycles. The van der Waals surface area contributed by atoms with Crippen LogP contribution in [0.4, 0.5) is 0 Å². The van der Waals surface area contributed by atoms with Crippen molar-refractivity contribution in [3.63, 3.8) is 0 Å². The van der Waals surface area contributed by atoms with E-state index in [1.54, 1.807) is 11.8 Å². The topological polar surface area (TPSA) is 51.0 Å². The van der Waals surface area contributed by atoms with Crippen molar-refractivity contribution >= 4 is 11.8 Å². The van der Waals surface area contributed by atoms with Gasteiger partial charge in [-0.3, -0.25) is 0 Å². The average Bonchev–Trinajstić information content (AvgIpc) is 2.85. The molecule has 0 spiro atoms. The lowest BCUT2D eigenvalue weighted by Gasteiger charge is -2.04. The molecular weight excluding hydrogens is 258 g/mol. The third kappa shape index (κ3) is 4.36. The molecule has 0 aliphatic carbocycles. The summed E-state index contributed by atoms with van der Waals surface area (Å²) in [5, 5.41) is 7.15. The first kappa shape index (κ1) is 14.1. The van der Waals surface area contributed by atoms with E-state index in [0.717, 1.165) is 18.0 Å². The molecule has 4 nitrogen and oxygen atoms in total. The summed E-state index contributed by atoms with van der Waals surface area (Å²) >= 11 is 1.72. The molecule has 0 saturated heterocycles. The monoisotopic (exact) mass is 277 g/mol. The van der Waals surface area contributed by atoms with E-state index in [4.69, 9.17) is 4.52 Å². The fraction of sp³-hybridized carbons (Fsp3) is 0.429. The Bertz CT molecular complexity index is 510. The average molecular weight is 277 g/mol. The van der Waals surface area contributed by atoms with Crippen LogP contribution in [0.25, 0.3) is 0 Å². The molecule has 0 fully saturated rings. The molecule has 1 aromatic carbocycles. The van der Waals surface area contributed by atoms with Crippen LogP contribution in [0.2, 0.25) is 0 Å². The van der Waals surface area contributed by atoms with E-state index in [1.165, 1.54) is 10.5 Å². The van der Waals surface area contributed by atoms with Gasteiger partial charge in [0.25, 0.3) is 0 Å². The highest BCUT2D eigenvalue weighted by molar-refractivity contribution is 7.98. The highest BCUT2D eigenvalue weighted by atomic mass is 32.2. The Morgan fingerprint density at radius 3 is 2.74 bits per heavy atom. The summed E-state index contributed by atoms with van der Waals surface area (Å²) in [6.07, 6.45) is 0.763. The molecular formula is C14H19N3OS. The van der Waals surface area contributed by atoms with Gasteiger partial charge >= 0.3 is 0 Å². The summed E-state index contributed by atoms with van der Waals surface area (Å²) < 4.78 is 5.23. The van der Waals surface area contributed by atoms with E-state index in [9.17, 15) is 0 Å². The molecule has 1 heterocycles. The zero-order valence-corrected chi connectivity index (χ0v) is 12.3. The van der Waals surface area contributed by atoms with Crippen LogP contribution in [0.1, 0.15) is 24.2 Å². The maximum Gasteiger partial charge on any atom is 0.228 e. The first-order chi connectivity index (χ1) is 9.17.